The van der Waals surface area contributed by atoms with E-state index >= 15 is 0 Å². The van der Waals surface area contributed by atoms with Crippen LogP contribution in [-0.4, -0.2) is 10.9 Å². The van der Waals surface area contributed by atoms with Gasteiger partial charge in [0.15, 0.2) is 0 Å². The zero-order valence-corrected chi connectivity index (χ0v) is 22.3. The lowest BCUT2D eigenvalue weighted by Crippen LogP contribution is -2.21. The number of rotatable bonds is 8. The SMILES string of the molecule is CCc1cccc(CC)c1NC(=O)[C@H](Sc1nc(-c2cccs2)cc(C(F)(F)F)c1C#N)c1ccccc1. The second-order valence-corrected chi connectivity index (χ2v) is 10.4. The third-order valence-electron chi connectivity index (χ3n) is 5.99. The third-order valence-corrected chi connectivity index (χ3v) is 8.13. The van der Waals surface area contributed by atoms with Gasteiger partial charge >= 0.3 is 6.18 Å². The minimum absolute atomic E-state index is 0.102. The Morgan fingerprint density at radius 2 is 1.74 bits per heavy atom. The minimum Gasteiger partial charge on any atom is -0.324 e. The van der Waals surface area contributed by atoms with Crippen molar-refractivity contribution in [2.75, 3.05) is 5.32 Å². The summed E-state index contributed by atoms with van der Waals surface area (Å²) >= 11 is 2.10. The zero-order valence-electron chi connectivity index (χ0n) is 20.7. The summed E-state index contributed by atoms with van der Waals surface area (Å²) in [5.41, 5.74) is 1.65. The molecule has 2 heterocycles. The number of anilines is 1. The molecule has 0 spiro atoms. The quantitative estimate of drug-likeness (QED) is 0.224. The molecule has 9 heteroatoms. The van der Waals surface area contributed by atoms with Crippen molar-refractivity contribution in [1.82, 2.24) is 4.98 Å². The highest BCUT2D eigenvalue weighted by molar-refractivity contribution is 8.00. The lowest BCUT2D eigenvalue weighted by Gasteiger charge is -2.21. The van der Waals surface area contributed by atoms with E-state index in [1.54, 1.807) is 53.9 Å². The molecular formula is C29H24F3N3OS2. The number of nitrogens with one attached hydrogen (secondary N) is 1. The van der Waals surface area contributed by atoms with Gasteiger partial charge in [0, 0.05) is 5.69 Å². The summed E-state index contributed by atoms with van der Waals surface area (Å²) < 4.78 is 42.1. The van der Waals surface area contributed by atoms with Gasteiger partial charge in [-0.1, -0.05) is 80.2 Å². The fourth-order valence-corrected chi connectivity index (χ4v) is 5.89. The van der Waals surface area contributed by atoms with Crippen LogP contribution in [0.1, 0.15) is 46.9 Å². The monoisotopic (exact) mass is 551 g/mol. The van der Waals surface area contributed by atoms with Gasteiger partial charge < -0.3 is 5.32 Å². The number of aromatic nitrogens is 1. The maximum Gasteiger partial charge on any atom is 0.417 e. The van der Waals surface area contributed by atoms with Crippen molar-refractivity contribution in [2.24, 2.45) is 0 Å². The molecule has 0 aliphatic carbocycles. The summed E-state index contributed by atoms with van der Waals surface area (Å²) in [6.45, 7) is 3.98. The topological polar surface area (TPSA) is 65.8 Å². The Bertz CT molecular complexity index is 1440. The molecule has 38 heavy (non-hydrogen) atoms. The molecule has 4 rings (SSSR count). The van der Waals surface area contributed by atoms with E-state index in [2.05, 4.69) is 10.3 Å². The normalized spacial score (nSPS) is 12.1. The van der Waals surface area contributed by atoms with Crippen LogP contribution in [0.2, 0.25) is 0 Å². The van der Waals surface area contributed by atoms with Crippen LogP contribution in [0.3, 0.4) is 0 Å². The Labute approximate surface area is 227 Å². The molecule has 0 radical (unpaired) electrons. The number of amides is 1. The highest BCUT2D eigenvalue weighted by Crippen LogP contribution is 2.43. The van der Waals surface area contributed by atoms with Crippen molar-refractivity contribution < 1.29 is 18.0 Å². The number of aryl methyl sites for hydroxylation is 2. The predicted molar refractivity (Wildman–Crippen MR) is 146 cm³/mol. The Kier molecular flexibility index (Phi) is 8.55. The summed E-state index contributed by atoms with van der Waals surface area (Å²) in [5.74, 6) is -0.405. The number of halogens is 3. The third kappa shape index (κ3) is 5.93. The first-order valence-corrected chi connectivity index (χ1v) is 13.7. The molecular weight excluding hydrogens is 527 g/mol. The first kappa shape index (κ1) is 27.4. The first-order chi connectivity index (χ1) is 18.3. The van der Waals surface area contributed by atoms with Gasteiger partial charge in [0.2, 0.25) is 5.91 Å². The Hall–Kier alpha value is -3.61. The number of para-hydroxylation sites is 1. The van der Waals surface area contributed by atoms with Crippen LogP contribution in [0.5, 0.6) is 0 Å². The number of hydrogen-bond donors (Lipinski definition) is 1. The van der Waals surface area contributed by atoms with Crippen LogP contribution in [0.25, 0.3) is 10.6 Å². The number of nitriles is 1. The van der Waals surface area contributed by atoms with Gasteiger partial charge in [-0.3, -0.25) is 4.79 Å². The van der Waals surface area contributed by atoms with E-state index in [4.69, 9.17) is 0 Å². The molecule has 1 N–H and O–H groups in total. The van der Waals surface area contributed by atoms with Crippen LogP contribution >= 0.6 is 23.1 Å². The van der Waals surface area contributed by atoms with Crippen LogP contribution < -0.4 is 5.32 Å². The molecule has 0 saturated carbocycles. The van der Waals surface area contributed by atoms with E-state index in [1.165, 1.54) is 11.3 Å². The van der Waals surface area contributed by atoms with Gasteiger partial charge in [0.05, 0.1) is 21.7 Å². The minimum atomic E-state index is -4.77. The van der Waals surface area contributed by atoms with E-state index in [0.717, 1.165) is 29.0 Å². The predicted octanol–water partition coefficient (Wildman–Crippen LogP) is 8.30. The van der Waals surface area contributed by atoms with E-state index in [9.17, 15) is 23.2 Å². The maximum absolute atomic E-state index is 14.0. The van der Waals surface area contributed by atoms with Crippen molar-refractivity contribution in [1.29, 1.82) is 5.26 Å². The number of thioether (sulfide) groups is 1. The second kappa shape index (κ2) is 11.8. The standard InChI is InChI=1S/C29H24F3N3OS2/c1-3-18-12-8-13-19(4-2)25(18)35-27(36)26(20-10-6-5-7-11-20)38-28-21(17-33)22(29(30,31)32)16-23(34-28)24-14-9-15-37-24/h5-16,26H,3-4H2,1-2H3,(H,35,36)/t26-/m1/s1. The lowest BCUT2D eigenvalue weighted by atomic mass is 10.0. The fourth-order valence-electron chi connectivity index (χ4n) is 4.09. The number of thiophene rings is 1. The summed E-state index contributed by atoms with van der Waals surface area (Å²) in [4.78, 5) is 18.8. The van der Waals surface area contributed by atoms with Crippen molar-refractivity contribution in [3.63, 3.8) is 0 Å². The Morgan fingerprint density at radius 3 is 2.29 bits per heavy atom. The maximum atomic E-state index is 14.0. The average molecular weight is 552 g/mol. The average Bonchev–Trinajstić information content (AvgIpc) is 3.46. The summed E-state index contributed by atoms with van der Waals surface area (Å²) in [6.07, 6.45) is -3.37. The molecule has 0 unspecified atom stereocenters. The number of carbonyl (C=O) groups excluding carboxylic acids is 1. The molecule has 1 amide bonds. The van der Waals surface area contributed by atoms with Crippen molar-refractivity contribution in [3.05, 3.63) is 99.9 Å². The first-order valence-electron chi connectivity index (χ1n) is 12.0. The molecule has 2 aromatic carbocycles. The number of hydrogen-bond acceptors (Lipinski definition) is 5. The molecule has 0 aliphatic rings. The Balaban J connectivity index is 1.83. The van der Waals surface area contributed by atoms with Crippen LogP contribution in [0.15, 0.2) is 77.1 Å². The van der Waals surface area contributed by atoms with E-state index < -0.39 is 28.5 Å². The van der Waals surface area contributed by atoms with Crippen LogP contribution in [0.4, 0.5) is 18.9 Å². The summed E-state index contributed by atoms with van der Waals surface area (Å²) in [5, 5.41) is 13.5. The van der Waals surface area contributed by atoms with Gasteiger partial charge in [0.25, 0.3) is 0 Å². The van der Waals surface area contributed by atoms with Gasteiger partial charge in [-0.2, -0.15) is 18.4 Å². The summed E-state index contributed by atoms with van der Waals surface area (Å²) in [6, 6.07) is 20.6. The highest BCUT2D eigenvalue weighted by atomic mass is 32.2. The summed E-state index contributed by atoms with van der Waals surface area (Å²) in [7, 11) is 0. The zero-order chi connectivity index (χ0) is 27.3. The van der Waals surface area contributed by atoms with Crippen molar-refractivity contribution in [2.45, 2.75) is 43.1 Å². The molecule has 194 valence electrons. The lowest BCUT2D eigenvalue weighted by molar-refractivity contribution is -0.138. The molecule has 4 aromatic rings. The Morgan fingerprint density at radius 1 is 1.05 bits per heavy atom. The molecule has 1 atom stereocenters. The van der Waals surface area contributed by atoms with Crippen LogP contribution in [0, 0.1) is 11.3 Å². The molecule has 0 bridgehead atoms. The van der Waals surface area contributed by atoms with Gasteiger partial charge in [-0.25, -0.2) is 4.98 Å². The van der Waals surface area contributed by atoms with Gasteiger partial charge in [-0.05, 0) is 47.0 Å². The molecule has 0 saturated heterocycles. The molecule has 0 fully saturated rings. The number of pyridine rings is 1. The highest BCUT2D eigenvalue weighted by Gasteiger charge is 2.37. The number of alkyl halides is 3. The fraction of sp³-hybridized carbons (Fsp3) is 0.207. The van der Waals surface area contributed by atoms with Gasteiger partial charge in [0.1, 0.15) is 16.3 Å². The smallest absolute Gasteiger partial charge is 0.324 e. The van der Waals surface area contributed by atoms with E-state index in [-0.39, 0.29) is 10.7 Å². The van der Waals surface area contributed by atoms with Crippen molar-refractivity contribution in [3.8, 4) is 16.6 Å². The van der Waals surface area contributed by atoms with Gasteiger partial charge in [-0.15, -0.1) is 11.3 Å². The van der Waals surface area contributed by atoms with E-state index in [0.29, 0.717) is 29.0 Å². The number of benzene rings is 2. The molecule has 2 aromatic heterocycles. The molecule has 4 nitrogen and oxygen atoms in total. The second-order valence-electron chi connectivity index (χ2n) is 8.38. The van der Waals surface area contributed by atoms with Crippen molar-refractivity contribution >= 4 is 34.7 Å². The van der Waals surface area contributed by atoms with E-state index in [1.807, 2.05) is 32.0 Å². The largest absolute Gasteiger partial charge is 0.417 e. The number of nitrogens with zero attached hydrogens (tertiary/aromatic N) is 2. The van der Waals surface area contributed by atoms with Crippen LogP contribution in [-0.2, 0) is 23.8 Å². The molecule has 0 aliphatic heterocycles. The number of carbonyl (C=O) groups is 1.